The smallest absolute Gasteiger partial charge is 0.270 e. The molecule has 18 heavy (non-hydrogen) atoms. The van der Waals surface area contributed by atoms with Crippen LogP contribution in [0.3, 0.4) is 0 Å². The van der Waals surface area contributed by atoms with E-state index in [0.717, 1.165) is 0 Å². The minimum absolute atomic E-state index is 0.124. The van der Waals surface area contributed by atoms with Gasteiger partial charge in [-0.2, -0.15) is 0 Å². The van der Waals surface area contributed by atoms with Gasteiger partial charge in [0.25, 0.3) is 5.69 Å². The second-order valence-corrected chi connectivity index (χ2v) is 3.52. The molecule has 0 saturated carbocycles. The van der Waals surface area contributed by atoms with Crippen LogP contribution in [0.2, 0.25) is 0 Å². The summed E-state index contributed by atoms with van der Waals surface area (Å²) < 4.78 is 5.39. The van der Waals surface area contributed by atoms with E-state index in [0.29, 0.717) is 18.8 Å². The highest BCUT2D eigenvalue weighted by molar-refractivity contribution is 5.97. The number of benzene rings is 1. The summed E-state index contributed by atoms with van der Waals surface area (Å²) in [7, 11) is 0. The number of hydrogen-bond acceptors (Lipinski definition) is 4. The van der Waals surface area contributed by atoms with E-state index in [9.17, 15) is 14.9 Å². The fourth-order valence-corrected chi connectivity index (χ4v) is 1.37. The quantitative estimate of drug-likeness (QED) is 0.263. The zero-order chi connectivity index (χ0) is 13.5. The van der Waals surface area contributed by atoms with E-state index in [-0.39, 0.29) is 17.0 Å². The van der Waals surface area contributed by atoms with Crippen LogP contribution < -0.4 is 4.74 Å². The Morgan fingerprint density at radius 3 is 2.78 bits per heavy atom. The highest BCUT2D eigenvalue weighted by Gasteiger charge is 2.14. The van der Waals surface area contributed by atoms with Gasteiger partial charge < -0.3 is 4.74 Å². The van der Waals surface area contributed by atoms with Crippen LogP contribution in [0, 0.1) is 22.0 Å². The van der Waals surface area contributed by atoms with Gasteiger partial charge in [0.05, 0.1) is 17.1 Å². The average molecular weight is 247 g/mol. The van der Waals surface area contributed by atoms with Gasteiger partial charge in [0.15, 0.2) is 5.78 Å². The van der Waals surface area contributed by atoms with Crippen molar-refractivity contribution in [2.75, 3.05) is 6.61 Å². The summed E-state index contributed by atoms with van der Waals surface area (Å²) in [6, 6.07) is 3.98. The molecule has 0 bridgehead atoms. The summed E-state index contributed by atoms with van der Waals surface area (Å²) in [6.45, 7) is 3.42. The van der Waals surface area contributed by atoms with Gasteiger partial charge in [-0.1, -0.05) is 0 Å². The lowest BCUT2D eigenvalue weighted by atomic mass is 10.1. The first-order valence-corrected chi connectivity index (χ1v) is 5.38. The number of hydrogen-bond donors (Lipinski definition) is 0. The Kier molecular flexibility index (Phi) is 4.88. The predicted octanol–water partition coefficient (Wildman–Crippen LogP) is 2.59. The standard InChI is InChI=1S/C13H13NO4/c1-3-4-5-8-18-13-7-6-11(14(16)17)9-12(13)10(2)15/h6-7,9H,5,8H2,1-2H3. The van der Waals surface area contributed by atoms with E-state index in [1.54, 1.807) is 6.92 Å². The molecule has 0 atom stereocenters. The summed E-state index contributed by atoms with van der Waals surface area (Å²) in [5.74, 6) is 5.64. The van der Waals surface area contributed by atoms with Crippen molar-refractivity contribution in [2.45, 2.75) is 20.3 Å². The maximum atomic E-state index is 11.4. The van der Waals surface area contributed by atoms with E-state index in [1.807, 2.05) is 0 Å². The molecule has 0 aliphatic heterocycles. The van der Waals surface area contributed by atoms with Crippen LogP contribution in [-0.2, 0) is 0 Å². The minimum atomic E-state index is -0.543. The number of ether oxygens (including phenoxy) is 1. The monoisotopic (exact) mass is 247 g/mol. The Bertz CT molecular complexity index is 526. The van der Waals surface area contributed by atoms with Gasteiger partial charge in [-0.25, -0.2) is 0 Å². The molecule has 0 fully saturated rings. The fraction of sp³-hybridized carbons (Fsp3) is 0.308. The second kappa shape index (κ2) is 6.40. The molecular formula is C13H13NO4. The summed E-state index contributed by atoms with van der Waals surface area (Å²) in [4.78, 5) is 21.5. The van der Waals surface area contributed by atoms with Crippen LogP contribution in [0.5, 0.6) is 5.75 Å². The number of nitro groups is 1. The number of nitrogens with zero attached hydrogens (tertiary/aromatic N) is 1. The number of ketones is 1. The van der Waals surface area contributed by atoms with Crippen molar-refractivity contribution in [1.29, 1.82) is 0 Å². The summed E-state index contributed by atoms with van der Waals surface area (Å²) in [6.07, 6.45) is 0.546. The molecule has 0 heterocycles. The maximum Gasteiger partial charge on any atom is 0.270 e. The van der Waals surface area contributed by atoms with Gasteiger partial charge in [0.2, 0.25) is 0 Å². The highest BCUT2D eigenvalue weighted by atomic mass is 16.6. The summed E-state index contributed by atoms with van der Waals surface area (Å²) in [5.41, 5.74) is 0.0922. The second-order valence-electron chi connectivity index (χ2n) is 3.52. The van der Waals surface area contributed by atoms with Gasteiger partial charge in [0.1, 0.15) is 5.75 Å². The summed E-state index contributed by atoms with van der Waals surface area (Å²) in [5, 5.41) is 10.6. The molecule has 0 amide bonds. The topological polar surface area (TPSA) is 69.4 Å². The third-order valence-corrected chi connectivity index (χ3v) is 2.21. The molecule has 94 valence electrons. The first-order chi connectivity index (χ1) is 8.56. The van der Waals surface area contributed by atoms with Crippen LogP contribution in [0.25, 0.3) is 0 Å². The zero-order valence-corrected chi connectivity index (χ0v) is 10.2. The van der Waals surface area contributed by atoms with Gasteiger partial charge in [-0.15, -0.1) is 11.8 Å². The Morgan fingerprint density at radius 1 is 1.50 bits per heavy atom. The van der Waals surface area contributed by atoms with Crippen molar-refractivity contribution in [1.82, 2.24) is 0 Å². The molecule has 1 rings (SSSR count). The first-order valence-electron chi connectivity index (χ1n) is 5.38. The molecule has 5 nitrogen and oxygen atoms in total. The van der Waals surface area contributed by atoms with E-state index < -0.39 is 4.92 Å². The fourth-order valence-electron chi connectivity index (χ4n) is 1.37. The molecular weight excluding hydrogens is 234 g/mol. The van der Waals surface area contributed by atoms with Crippen molar-refractivity contribution >= 4 is 11.5 Å². The Balaban J connectivity index is 2.92. The van der Waals surface area contributed by atoms with Gasteiger partial charge in [-0.05, 0) is 19.9 Å². The van der Waals surface area contributed by atoms with Crippen molar-refractivity contribution in [3.63, 3.8) is 0 Å². The highest BCUT2D eigenvalue weighted by Crippen LogP contribution is 2.24. The molecule has 1 aromatic rings. The number of carbonyl (C=O) groups excluding carboxylic acids is 1. The molecule has 0 spiro atoms. The molecule has 0 radical (unpaired) electrons. The molecule has 0 aliphatic carbocycles. The third kappa shape index (κ3) is 3.59. The zero-order valence-electron chi connectivity index (χ0n) is 10.2. The Labute approximate surface area is 105 Å². The number of rotatable bonds is 5. The van der Waals surface area contributed by atoms with Crippen molar-refractivity contribution in [3.8, 4) is 17.6 Å². The third-order valence-electron chi connectivity index (χ3n) is 2.21. The Hall–Kier alpha value is -2.35. The molecule has 0 N–H and O–H groups in total. The van der Waals surface area contributed by atoms with Gasteiger partial charge in [-0.3, -0.25) is 14.9 Å². The van der Waals surface area contributed by atoms with Crippen molar-refractivity contribution in [2.24, 2.45) is 0 Å². The van der Waals surface area contributed by atoms with E-state index in [4.69, 9.17) is 4.74 Å². The van der Waals surface area contributed by atoms with Crippen LogP contribution >= 0.6 is 0 Å². The number of non-ortho nitro benzene ring substituents is 1. The van der Waals surface area contributed by atoms with Crippen molar-refractivity contribution < 1.29 is 14.5 Å². The number of carbonyl (C=O) groups is 1. The first kappa shape index (κ1) is 13.7. The van der Waals surface area contributed by atoms with Gasteiger partial charge in [0, 0.05) is 18.6 Å². The number of nitro benzene ring substituents is 1. The molecule has 0 saturated heterocycles. The number of Topliss-reactive ketones (excluding diaryl/α,β-unsaturated/α-hetero) is 1. The minimum Gasteiger partial charge on any atom is -0.492 e. The molecule has 5 heteroatoms. The lowest BCUT2D eigenvalue weighted by molar-refractivity contribution is -0.384. The average Bonchev–Trinajstić information content (AvgIpc) is 2.34. The lowest BCUT2D eigenvalue weighted by Crippen LogP contribution is -2.03. The van der Waals surface area contributed by atoms with Gasteiger partial charge >= 0.3 is 0 Å². The van der Waals surface area contributed by atoms with Crippen LogP contribution in [0.4, 0.5) is 5.69 Å². The molecule has 0 aromatic heterocycles. The van der Waals surface area contributed by atoms with Crippen LogP contribution in [0.15, 0.2) is 18.2 Å². The van der Waals surface area contributed by atoms with Crippen LogP contribution in [0.1, 0.15) is 30.6 Å². The SMILES string of the molecule is CC#CCCOc1ccc([N+](=O)[O-])cc1C(C)=O. The molecule has 0 unspecified atom stereocenters. The van der Waals surface area contributed by atoms with E-state index >= 15 is 0 Å². The maximum absolute atomic E-state index is 11.4. The van der Waals surface area contributed by atoms with Crippen LogP contribution in [-0.4, -0.2) is 17.3 Å². The van der Waals surface area contributed by atoms with E-state index in [2.05, 4.69) is 11.8 Å². The molecule has 0 aliphatic rings. The normalized spacial score (nSPS) is 9.22. The predicted molar refractivity (Wildman–Crippen MR) is 66.7 cm³/mol. The largest absolute Gasteiger partial charge is 0.492 e. The summed E-state index contributed by atoms with van der Waals surface area (Å²) >= 11 is 0. The van der Waals surface area contributed by atoms with Crippen molar-refractivity contribution in [3.05, 3.63) is 33.9 Å². The van der Waals surface area contributed by atoms with E-state index in [1.165, 1.54) is 25.1 Å². The Morgan fingerprint density at radius 2 is 2.22 bits per heavy atom. The molecule has 1 aromatic carbocycles. The lowest BCUT2D eigenvalue weighted by Gasteiger charge is -2.08.